The summed E-state index contributed by atoms with van der Waals surface area (Å²) < 4.78 is 9.76. The Morgan fingerprint density at radius 2 is 0.957 bits per heavy atom. The largest absolute Gasteiger partial charge is 3.00 e. The minimum absolute atomic E-state index is 0. The van der Waals surface area contributed by atoms with Crippen molar-refractivity contribution in [1.82, 2.24) is 0 Å². The Morgan fingerprint density at radius 3 is 1.19 bits per heavy atom. The van der Waals surface area contributed by atoms with Gasteiger partial charge in [-0.05, 0) is 69.7 Å². The van der Waals surface area contributed by atoms with Crippen LogP contribution >= 0.6 is 0 Å². The van der Waals surface area contributed by atoms with Crippen LogP contribution in [0.15, 0.2) is 58.5 Å². The van der Waals surface area contributed by atoms with Crippen LogP contribution in [0.3, 0.4) is 0 Å². The quantitative estimate of drug-likeness (QED) is 0.0966. The van der Waals surface area contributed by atoms with Crippen molar-refractivity contribution < 1.29 is 45.1 Å². The molecule has 0 unspecified atom stereocenters. The SMILES string of the molecule is C1CCOC1.CC(C)N=C([N-]C(C)C)c1cccc2ccc3cccc(C(=NC(C)C)[N-]C(C)C)c3c12.C[Si](C)(C)[N-][Si](C)(C)C.[Sm+3]. The molecule has 1 fully saturated rings. The monoisotopic (exact) mass is 812 g/mol. The Hall–Kier alpha value is -1.19. The van der Waals surface area contributed by atoms with Gasteiger partial charge in [-0.25, -0.2) is 0 Å². The van der Waals surface area contributed by atoms with Crippen molar-refractivity contribution in [3.63, 3.8) is 0 Å². The summed E-state index contributed by atoms with van der Waals surface area (Å²) >= 11 is 0. The molecule has 6 nitrogen and oxygen atoms in total. The van der Waals surface area contributed by atoms with E-state index < -0.39 is 16.5 Å². The fourth-order valence-electron chi connectivity index (χ4n) is 5.37. The van der Waals surface area contributed by atoms with Crippen LogP contribution in [0.25, 0.3) is 36.8 Å². The van der Waals surface area contributed by atoms with E-state index in [2.05, 4.69) is 143 Å². The number of aliphatic imine (C=N–C) groups is 2. The number of ether oxygens (including phenoxy) is 1. The zero-order chi connectivity index (χ0) is 34.7. The van der Waals surface area contributed by atoms with E-state index in [4.69, 9.17) is 30.0 Å². The molecule has 0 aliphatic carbocycles. The van der Waals surface area contributed by atoms with Crippen molar-refractivity contribution in [3.05, 3.63) is 74.9 Å². The molecule has 3 aromatic rings. The standard InChI is InChI=1S/C28H36N4.C6H18NSi2.C4H8O.Sm/c1-17(2)29-27(30-18(3)4)23-13-9-11-21-15-16-22-12-10-14-24(26(22)25(21)23)28(31-19(5)6)32-20(7)8;1-8(2,3)7-9(4,5)6;1-2-4-5-3-1;/h9-20H,1-8H3;1-6H3;1-4H2;/q-2;-1;;+3. The van der Waals surface area contributed by atoms with Gasteiger partial charge < -0.3 is 30.0 Å². The molecule has 1 aliphatic heterocycles. The Kier molecular flexibility index (Phi) is 19.1. The fourth-order valence-corrected chi connectivity index (χ4v) is 13.4. The second-order valence-corrected chi connectivity index (χ2v) is 24.8. The van der Waals surface area contributed by atoms with Gasteiger partial charge >= 0.3 is 40.4 Å². The van der Waals surface area contributed by atoms with Crippen molar-refractivity contribution in [3.8, 4) is 0 Å². The molecule has 0 N–H and O–H groups in total. The molecule has 0 bridgehead atoms. The summed E-state index contributed by atoms with van der Waals surface area (Å²) in [4.78, 5) is 9.82. The molecule has 1 saturated heterocycles. The number of fused-ring (bicyclic) bond motifs is 3. The minimum atomic E-state index is -1.11. The Labute approximate surface area is 322 Å². The average Bonchev–Trinajstić information content (AvgIpc) is 3.49. The van der Waals surface area contributed by atoms with Crippen LogP contribution in [0, 0.1) is 40.4 Å². The van der Waals surface area contributed by atoms with Gasteiger partial charge in [0.1, 0.15) is 0 Å². The molecule has 1 heterocycles. The summed E-state index contributed by atoms with van der Waals surface area (Å²) in [6, 6.07) is 17.8. The molecule has 0 saturated carbocycles. The summed E-state index contributed by atoms with van der Waals surface area (Å²) in [7, 11) is -2.21. The van der Waals surface area contributed by atoms with E-state index in [9.17, 15) is 0 Å². The molecule has 1 aliphatic rings. The van der Waals surface area contributed by atoms with Gasteiger partial charge in [0.05, 0.1) is 0 Å². The van der Waals surface area contributed by atoms with Crippen molar-refractivity contribution in [1.29, 1.82) is 0 Å². The first-order valence-electron chi connectivity index (χ1n) is 17.2. The summed E-state index contributed by atoms with van der Waals surface area (Å²) in [5.74, 6) is 1.62. The maximum absolute atomic E-state index is 4.94. The van der Waals surface area contributed by atoms with E-state index in [0.29, 0.717) is 0 Å². The molecular weight excluding hydrogens is 749 g/mol. The van der Waals surface area contributed by atoms with Crippen molar-refractivity contribution in [2.24, 2.45) is 9.98 Å². The first-order chi connectivity index (χ1) is 21.4. The summed E-state index contributed by atoms with van der Waals surface area (Å²) in [5.41, 5.74) is 2.13. The number of rotatable bonds is 8. The first-order valence-corrected chi connectivity index (χ1v) is 24.1. The fraction of sp³-hybridized carbons (Fsp3) is 0.579. The third kappa shape index (κ3) is 16.4. The van der Waals surface area contributed by atoms with E-state index >= 15 is 0 Å². The zero-order valence-electron chi connectivity index (χ0n) is 31.8. The molecule has 0 atom stereocenters. The molecule has 0 spiro atoms. The van der Waals surface area contributed by atoms with Crippen molar-refractivity contribution in [2.75, 3.05) is 13.2 Å². The summed E-state index contributed by atoms with van der Waals surface area (Å²) in [5, 5.41) is 14.5. The predicted octanol–water partition coefficient (Wildman–Crippen LogP) is 11.7. The van der Waals surface area contributed by atoms with E-state index in [0.717, 1.165) is 36.0 Å². The maximum atomic E-state index is 4.94. The average molecular weight is 811 g/mol. The van der Waals surface area contributed by atoms with Crippen LogP contribution in [0.2, 0.25) is 39.3 Å². The molecule has 0 aromatic heterocycles. The summed E-state index contributed by atoms with van der Waals surface area (Å²) in [6.07, 6.45) is 2.56. The van der Waals surface area contributed by atoms with E-state index in [-0.39, 0.29) is 64.6 Å². The van der Waals surface area contributed by atoms with Crippen LogP contribution in [0.4, 0.5) is 0 Å². The number of benzene rings is 3. The molecule has 0 amide bonds. The normalized spacial score (nSPS) is 14.3. The number of hydrogen-bond donors (Lipinski definition) is 0. The van der Waals surface area contributed by atoms with Gasteiger partial charge in [0.25, 0.3) is 0 Å². The third-order valence-electron chi connectivity index (χ3n) is 6.39. The van der Waals surface area contributed by atoms with Crippen LogP contribution < -0.4 is 0 Å². The predicted molar refractivity (Wildman–Crippen MR) is 212 cm³/mol. The van der Waals surface area contributed by atoms with Gasteiger partial charge in [-0.1, -0.05) is 171 Å². The van der Waals surface area contributed by atoms with E-state index in [1.165, 1.54) is 34.4 Å². The second-order valence-electron chi connectivity index (χ2n) is 15.2. The van der Waals surface area contributed by atoms with Gasteiger partial charge in [-0.3, -0.25) is 0 Å². The van der Waals surface area contributed by atoms with E-state index in [1.54, 1.807) is 0 Å². The summed E-state index contributed by atoms with van der Waals surface area (Å²) in [6.45, 7) is 32.6. The third-order valence-corrected chi connectivity index (χ3v) is 11.8. The van der Waals surface area contributed by atoms with Gasteiger partial charge in [0.15, 0.2) is 0 Å². The smallest absolute Gasteiger partial charge is 0.668 e. The molecule has 9 heteroatoms. The van der Waals surface area contributed by atoms with Crippen LogP contribution in [-0.4, -0.2) is 65.5 Å². The zero-order valence-corrected chi connectivity index (χ0v) is 36.4. The topological polar surface area (TPSA) is 76.2 Å². The van der Waals surface area contributed by atoms with Gasteiger partial charge in [0.2, 0.25) is 0 Å². The van der Waals surface area contributed by atoms with Gasteiger partial charge in [-0.2, -0.15) is 0 Å². The van der Waals surface area contributed by atoms with Gasteiger partial charge in [-0.15, -0.1) is 0 Å². The molecule has 1 radical (unpaired) electrons. The van der Waals surface area contributed by atoms with Gasteiger partial charge in [0, 0.05) is 13.2 Å². The van der Waals surface area contributed by atoms with Crippen molar-refractivity contribution >= 4 is 49.7 Å². The molecule has 3 aromatic carbocycles. The number of nitrogens with zero attached hydrogens (tertiary/aromatic N) is 5. The van der Waals surface area contributed by atoms with E-state index in [1.807, 2.05) is 0 Å². The van der Waals surface area contributed by atoms with Crippen LogP contribution in [0.5, 0.6) is 0 Å². The maximum Gasteiger partial charge on any atom is 3.00 e. The van der Waals surface area contributed by atoms with Crippen molar-refractivity contribution in [2.45, 2.75) is 132 Å². The van der Waals surface area contributed by atoms with Crippen LogP contribution in [0.1, 0.15) is 79.4 Å². The van der Waals surface area contributed by atoms with Crippen LogP contribution in [-0.2, 0) is 4.74 Å². The number of amidine groups is 2. The first kappa shape index (κ1) is 43.8. The number of hydrogen-bond acceptors (Lipinski definition) is 3. The molecular formula is C38H62N5OSi2Sm. The molecule has 47 heavy (non-hydrogen) atoms. The molecule has 4 rings (SSSR count). The minimum Gasteiger partial charge on any atom is -0.668 e. The Balaban J connectivity index is 0.000000610. The Morgan fingerprint density at radius 1 is 0.596 bits per heavy atom. The Bertz CT molecular complexity index is 1330. The second kappa shape index (κ2) is 20.5. The molecule has 259 valence electrons.